The summed E-state index contributed by atoms with van der Waals surface area (Å²) >= 11 is 0. The second-order valence-electron chi connectivity index (χ2n) is 8.77. The van der Waals surface area contributed by atoms with Crippen LogP contribution in [0.3, 0.4) is 0 Å². The highest BCUT2D eigenvalue weighted by Crippen LogP contribution is 2.33. The van der Waals surface area contributed by atoms with Gasteiger partial charge in [0.05, 0.1) is 40.6 Å². The maximum absolute atomic E-state index is 14.1. The Labute approximate surface area is 184 Å². The molecule has 0 aliphatic heterocycles. The number of anilines is 1. The van der Waals surface area contributed by atoms with Gasteiger partial charge in [-0.25, -0.2) is 4.39 Å². The van der Waals surface area contributed by atoms with E-state index < -0.39 is 17.7 Å². The summed E-state index contributed by atoms with van der Waals surface area (Å²) in [5.74, 6) is -0.466. The summed E-state index contributed by atoms with van der Waals surface area (Å²) in [6.45, 7) is 6.37. The van der Waals surface area contributed by atoms with Crippen LogP contribution < -0.4 is 10.6 Å². The standard InChI is InChI=1S/C23H27FN6O2/c1-12(2)29-20-16(22(31)26-11-18(24)23(3,4)32)10-25-19-15-6-5-13(14-8-27-28-9-14)7-17(15)30-21(19)20/h5-10,12,18,30,32H,11H2,1-4H3,(H,25,29)(H,26,31)(H,27,28). The van der Waals surface area contributed by atoms with Crippen molar-refractivity contribution >= 4 is 33.5 Å². The SMILES string of the molecule is CC(C)Nc1c(C(=O)NCC(F)C(C)(C)O)cnc2c1[nH]c1cc(-c3cn[nH]c3)ccc12. The minimum Gasteiger partial charge on any atom is -0.387 e. The number of nitrogens with zero attached hydrogens (tertiary/aromatic N) is 2. The predicted octanol–water partition coefficient (Wildman–Crippen LogP) is 3.77. The van der Waals surface area contributed by atoms with Crippen molar-refractivity contribution in [3.05, 3.63) is 42.4 Å². The molecule has 4 rings (SSSR count). The van der Waals surface area contributed by atoms with E-state index >= 15 is 0 Å². The number of benzene rings is 1. The highest BCUT2D eigenvalue weighted by molar-refractivity contribution is 6.14. The van der Waals surface area contributed by atoms with Gasteiger partial charge in [0.15, 0.2) is 0 Å². The van der Waals surface area contributed by atoms with Crippen LogP contribution in [-0.2, 0) is 0 Å². The molecule has 9 heteroatoms. The number of carbonyl (C=O) groups excluding carboxylic acids is 1. The molecule has 0 aliphatic rings. The number of carbonyl (C=O) groups is 1. The summed E-state index contributed by atoms with van der Waals surface area (Å²) < 4.78 is 14.1. The summed E-state index contributed by atoms with van der Waals surface area (Å²) in [6, 6.07) is 6.04. The number of aromatic nitrogens is 4. The minimum absolute atomic E-state index is 0.0466. The molecule has 32 heavy (non-hydrogen) atoms. The van der Waals surface area contributed by atoms with Crippen molar-refractivity contribution in [3.63, 3.8) is 0 Å². The average molecular weight is 439 g/mol. The number of nitrogens with one attached hydrogen (secondary N) is 4. The van der Waals surface area contributed by atoms with Crippen LogP contribution >= 0.6 is 0 Å². The normalized spacial score (nSPS) is 13.1. The molecular formula is C23H27FN6O2. The number of hydrogen-bond acceptors (Lipinski definition) is 5. The van der Waals surface area contributed by atoms with E-state index in [9.17, 15) is 14.3 Å². The summed E-state index contributed by atoms with van der Waals surface area (Å²) in [6.07, 6.45) is 3.47. The lowest BCUT2D eigenvalue weighted by molar-refractivity contribution is -0.00177. The predicted molar refractivity (Wildman–Crippen MR) is 123 cm³/mol. The Kier molecular flexibility index (Phi) is 5.60. The molecule has 1 unspecified atom stereocenters. The second-order valence-corrected chi connectivity index (χ2v) is 8.77. The number of hydrogen-bond donors (Lipinski definition) is 5. The van der Waals surface area contributed by atoms with Crippen molar-refractivity contribution in [2.45, 2.75) is 45.5 Å². The molecule has 0 fully saturated rings. The summed E-state index contributed by atoms with van der Waals surface area (Å²) in [7, 11) is 0. The van der Waals surface area contributed by atoms with Gasteiger partial charge in [0, 0.05) is 34.9 Å². The lowest BCUT2D eigenvalue weighted by Gasteiger charge is -2.23. The third kappa shape index (κ3) is 4.16. The Morgan fingerprint density at radius 1 is 1.25 bits per heavy atom. The zero-order valence-electron chi connectivity index (χ0n) is 18.5. The second kappa shape index (κ2) is 8.23. The maximum atomic E-state index is 14.1. The molecule has 8 nitrogen and oxygen atoms in total. The molecular weight excluding hydrogens is 411 g/mol. The van der Waals surface area contributed by atoms with E-state index in [1.165, 1.54) is 20.0 Å². The largest absolute Gasteiger partial charge is 0.387 e. The molecule has 1 amide bonds. The molecule has 1 atom stereocenters. The zero-order valence-corrected chi connectivity index (χ0v) is 18.5. The molecule has 5 N–H and O–H groups in total. The lowest BCUT2D eigenvalue weighted by Crippen LogP contribution is -2.42. The third-order valence-electron chi connectivity index (χ3n) is 5.33. The number of alkyl halides is 1. The van der Waals surface area contributed by atoms with Crippen LogP contribution in [0.15, 0.2) is 36.8 Å². The molecule has 0 radical (unpaired) electrons. The maximum Gasteiger partial charge on any atom is 0.255 e. The number of aliphatic hydroxyl groups is 1. The quantitative estimate of drug-likeness (QED) is 0.301. The van der Waals surface area contributed by atoms with Gasteiger partial charge in [0.25, 0.3) is 5.91 Å². The van der Waals surface area contributed by atoms with E-state index in [2.05, 4.69) is 30.8 Å². The number of amides is 1. The van der Waals surface area contributed by atoms with Crippen molar-refractivity contribution in [1.29, 1.82) is 0 Å². The molecule has 4 aromatic rings. The summed E-state index contributed by atoms with van der Waals surface area (Å²) in [5.41, 5.74) is 3.63. The zero-order chi connectivity index (χ0) is 23.0. The fourth-order valence-corrected chi connectivity index (χ4v) is 3.55. The van der Waals surface area contributed by atoms with Crippen molar-refractivity contribution in [3.8, 4) is 11.1 Å². The summed E-state index contributed by atoms with van der Waals surface area (Å²) in [5, 5.41) is 23.4. The number of halogens is 1. The number of H-pyrrole nitrogens is 2. The Balaban J connectivity index is 1.76. The van der Waals surface area contributed by atoms with Crippen LogP contribution in [0.5, 0.6) is 0 Å². The van der Waals surface area contributed by atoms with Crippen LogP contribution in [0.1, 0.15) is 38.1 Å². The van der Waals surface area contributed by atoms with Gasteiger partial charge < -0.3 is 20.7 Å². The number of fused-ring (bicyclic) bond motifs is 3. The van der Waals surface area contributed by atoms with Crippen LogP contribution in [0.4, 0.5) is 10.1 Å². The van der Waals surface area contributed by atoms with E-state index in [0.29, 0.717) is 16.8 Å². The fourth-order valence-electron chi connectivity index (χ4n) is 3.55. The van der Waals surface area contributed by atoms with Crippen LogP contribution in [0, 0.1) is 0 Å². The molecule has 0 saturated heterocycles. The highest BCUT2D eigenvalue weighted by atomic mass is 19.1. The van der Waals surface area contributed by atoms with E-state index in [1.54, 1.807) is 6.20 Å². The van der Waals surface area contributed by atoms with Crippen molar-refractivity contribution in [2.24, 2.45) is 0 Å². The monoisotopic (exact) mass is 438 g/mol. The Morgan fingerprint density at radius 3 is 2.69 bits per heavy atom. The molecule has 0 aliphatic carbocycles. The molecule has 0 spiro atoms. The van der Waals surface area contributed by atoms with E-state index in [0.717, 1.165) is 27.5 Å². The van der Waals surface area contributed by atoms with E-state index in [-0.39, 0.29) is 12.6 Å². The third-order valence-corrected chi connectivity index (χ3v) is 5.33. The molecule has 0 bridgehead atoms. The van der Waals surface area contributed by atoms with Crippen molar-refractivity contribution in [2.75, 3.05) is 11.9 Å². The van der Waals surface area contributed by atoms with Crippen LogP contribution in [0.2, 0.25) is 0 Å². The summed E-state index contributed by atoms with van der Waals surface area (Å²) in [4.78, 5) is 20.8. The van der Waals surface area contributed by atoms with Gasteiger partial charge in [0.2, 0.25) is 0 Å². The molecule has 3 aromatic heterocycles. The topological polar surface area (TPSA) is 119 Å². The molecule has 1 aromatic carbocycles. The molecule has 168 valence electrons. The first-order chi connectivity index (χ1) is 15.1. The van der Waals surface area contributed by atoms with E-state index in [1.807, 2.05) is 38.2 Å². The van der Waals surface area contributed by atoms with Crippen molar-refractivity contribution in [1.82, 2.24) is 25.5 Å². The van der Waals surface area contributed by atoms with Gasteiger partial charge in [-0.05, 0) is 39.3 Å². The first kappa shape index (κ1) is 21.8. The lowest BCUT2D eigenvalue weighted by atomic mass is 10.0. The molecule has 3 heterocycles. The Morgan fingerprint density at radius 2 is 2.03 bits per heavy atom. The fraction of sp³-hybridized carbons (Fsp3) is 0.348. The smallest absolute Gasteiger partial charge is 0.255 e. The van der Waals surface area contributed by atoms with Crippen molar-refractivity contribution < 1.29 is 14.3 Å². The van der Waals surface area contributed by atoms with Gasteiger partial charge in [-0.3, -0.25) is 14.9 Å². The van der Waals surface area contributed by atoms with Gasteiger partial charge in [-0.15, -0.1) is 0 Å². The van der Waals surface area contributed by atoms with Gasteiger partial charge in [-0.2, -0.15) is 5.10 Å². The number of pyridine rings is 1. The molecule has 0 saturated carbocycles. The number of aromatic amines is 2. The Bertz CT molecular complexity index is 1260. The average Bonchev–Trinajstić information content (AvgIpc) is 3.38. The van der Waals surface area contributed by atoms with Gasteiger partial charge in [0.1, 0.15) is 6.17 Å². The van der Waals surface area contributed by atoms with Crippen LogP contribution in [-0.4, -0.2) is 55.5 Å². The van der Waals surface area contributed by atoms with E-state index in [4.69, 9.17) is 0 Å². The minimum atomic E-state index is -1.60. The van der Waals surface area contributed by atoms with Gasteiger partial charge >= 0.3 is 0 Å². The highest BCUT2D eigenvalue weighted by Gasteiger charge is 2.27. The van der Waals surface area contributed by atoms with Crippen LogP contribution in [0.25, 0.3) is 33.1 Å². The first-order valence-electron chi connectivity index (χ1n) is 10.5. The number of rotatable bonds is 7. The first-order valence-corrected chi connectivity index (χ1v) is 10.5. The Hall–Kier alpha value is -3.46. The van der Waals surface area contributed by atoms with Gasteiger partial charge in [-0.1, -0.05) is 12.1 Å².